The number of halogens is 1. The number of fused-ring (bicyclic) bond motifs is 1. The van der Waals surface area contributed by atoms with Gasteiger partial charge >= 0.3 is 0 Å². The number of ether oxygens (including phenoxy) is 2. The van der Waals surface area contributed by atoms with E-state index in [0.29, 0.717) is 18.8 Å². The molecule has 0 saturated heterocycles. The minimum absolute atomic E-state index is 0.168. The van der Waals surface area contributed by atoms with Crippen LogP contribution in [0, 0.1) is 0 Å². The van der Waals surface area contributed by atoms with Crippen molar-refractivity contribution in [3.8, 4) is 5.75 Å². The minimum Gasteiger partial charge on any atom is -0.497 e. The monoisotopic (exact) mass is 388 g/mol. The molecule has 0 N–H and O–H groups in total. The maximum absolute atomic E-state index is 13.3. The van der Waals surface area contributed by atoms with E-state index in [2.05, 4.69) is 10.1 Å². The summed E-state index contributed by atoms with van der Waals surface area (Å²) in [6.45, 7) is 2.68. The molecule has 2 aromatic heterocycles. The fourth-order valence-electron chi connectivity index (χ4n) is 2.86. The van der Waals surface area contributed by atoms with Crippen LogP contribution >= 0.6 is 11.6 Å². The van der Waals surface area contributed by atoms with Gasteiger partial charge in [0.05, 0.1) is 19.8 Å². The average Bonchev–Trinajstić information content (AvgIpc) is 3.03. The molecule has 1 aromatic carbocycles. The number of carbonyl (C=O) groups excluding carboxylic acids is 1. The third-order valence-corrected chi connectivity index (χ3v) is 4.58. The van der Waals surface area contributed by atoms with Crippen LogP contribution in [0.25, 0.3) is 5.65 Å². The Hall–Kier alpha value is -2.64. The van der Waals surface area contributed by atoms with E-state index < -0.39 is 0 Å². The molecule has 0 spiro atoms. The predicted octanol–water partition coefficient (Wildman–Crippen LogP) is 3.07. The zero-order valence-electron chi connectivity index (χ0n) is 15.4. The Morgan fingerprint density at radius 2 is 2.15 bits per heavy atom. The molecule has 0 saturated carbocycles. The summed E-state index contributed by atoms with van der Waals surface area (Å²) in [7, 11) is 3.21. The second-order valence-electron chi connectivity index (χ2n) is 6.14. The summed E-state index contributed by atoms with van der Waals surface area (Å²) in [4.78, 5) is 19.1. The molecule has 1 amide bonds. The molecular formula is C19H21ClN4O3. The van der Waals surface area contributed by atoms with E-state index in [9.17, 15) is 4.79 Å². The van der Waals surface area contributed by atoms with E-state index in [1.165, 1.54) is 4.52 Å². The van der Waals surface area contributed by atoms with E-state index in [-0.39, 0.29) is 22.7 Å². The summed E-state index contributed by atoms with van der Waals surface area (Å²) in [6.07, 6.45) is 3.31. The first-order chi connectivity index (χ1) is 13.0. The van der Waals surface area contributed by atoms with Crippen LogP contribution in [-0.2, 0) is 11.3 Å². The van der Waals surface area contributed by atoms with Crippen molar-refractivity contribution in [3.63, 3.8) is 0 Å². The highest BCUT2D eigenvalue weighted by Gasteiger charge is 2.27. The number of carbonyl (C=O) groups is 1. The van der Waals surface area contributed by atoms with Gasteiger partial charge in [-0.25, -0.2) is 9.50 Å². The van der Waals surface area contributed by atoms with Crippen LogP contribution in [0.15, 0.2) is 42.7 Å². The minimum atomic E-state index is -0.280. The molecule has 142 valence electrons. The van der Waals surface area contributed by atoms with Crippen molar-refractivity contribution in [3.05, 3.63) is 59.0 Å². The normalized spacial score (nSPS) is 12.1. The Kier molecular flexibility index (Phi) is 5.93. The van der Waals surface area contributed by atoms with Crippen molar-refractivity contribution in [2.24, 2.45) is 0 Å². The Morgan fingerprint density at radius 3 is 2.85 bits per heavy atom. The number of hydrogen-bond donors (Lipinski definition) is 0. The van der Waals surface area contributed by atoms with E-state index in [4.69, 9.17) is 21.1 Å². The van der Waals surface area contributed by atoms with Crippen molar-refractivity contribution in [1.82, 2.24) is 19.5 Å². The SMILES string of the molecule is COCC(C)N(Cc1cccc(OC)c1)C(=O)c1nn2cccnc2c1Cl. The lowest BCUT2D eigenvalue weighted by atomic mass is 10.1. The summed E-state index contributed by atoms with van der Waals surface area (Å²) in [5.74, 6) is 0.451. The Morgan fingerprint density at radius 1 is 1.33 bits per heavy atom. The lowest BCUT2D eigenvalue weighted by molar-refractivity contribution is 0.0536. The smallest absolute Gasteiger partial charge is 0.276 e. The molecule has 1 atom stereocenters. The number of hydrogen-bond acceptors (Lipinski definition) is 5. The lowest BCUT2D eigenvalue weighted by Gasteiger charge is -2.28. The second kappa shape index (κ2) is 8.37. The zero-order valence-corrected chi connectivity index (χ0v) is 16.2. The summed E-state index contributed by atoms with van der Waals surface area (Å²) < 4.78 is 12.0. The maximum atomic E-state index is 13.3. The molecule has 27 heavy (non-hydrogen) atoms. The molecule has 1 unspecified atom stereocenters. The first-order valence-electron chi connectivity index (χ1n) is 8.46. The molecule has 0 aliphatic rings. The molecule has 0 fully saturated rings. The number of benzene rings is 1. The molecule has 0 aliphatic heterocycles. The van der Waals surface area contributed by atoms with Crippen molar-refractivity contribution in [1.29, 1.82) is 0 Å². The van der Waals surface area contributed by atoms with Crippen molar-refractivity contribution in [2.75, 3.05) is 20.8 Å². The molecule has 0 radical (unpaired) electrons. The summed E-state index contributed by atoms with van der Waals surface area (Å²) >= 11 is 6.38. The summed E-state index contributed by atoms with van der Waals surface area (Å²) in [5.41, 5.74) is 1.55. The van der Waals surface area contributed by atoms with Gasteiger partial charge in [-0.05, 0) is 30.7 Å². The topological polar surface area (TPSA) is 69.0 Å². The Balaban J connectivity index is 1.96. The number of methoxy groups -OCH3 is 2. The van der Waals surface area contributed by atoms with Gasteiger partial charge in [0.2, 0.25) is 0 Å². The Bertz CT molecular complexity index is 944. The zero-order chi connectivity index (χ0) is 19.4. The van der Waals surface area contributed by atoms with Gasteiger partial charge in [-0.15, -0.1) is 0 Å². The number of amides is 1. The highest BCUT2D eigenvalue weighted by molar-refractivity contribution is 6.36. The van der Waals surface area contributed by atoms with E-state index in [1.807, 2.05) is 31.2 Å². The molecule has 7 nitrogen and oxygen atoms in total. The third kappa shape index (κ3) is 4.04. The van der Waals surface area contributed by atoms with Gasteiger partial charge in [0, 0.05) is 26.0 Å². The van der Waals surface area contributed by atoms with Crippen LogP contribution in [0.5, 0.6) is 5.75 Å². The molecule has 3 aromatic rings. The quantitative estimate of drug-likeness (QED) is 0.622. The van der Waals surface area contributed by atoms with Crippen LogP contribution in [-0.4, -0.2) is 52.3 Å². The van der Waals surface area contributed by atoms with Gasteiger partial charge < -0.3 is 14.4 Å². The summed E-state index contributed by atoms with van der Waals surface area (Å²) in [5, 5.41) is 4.55. The number of aromatic nitrogens is 3. The van der Waals surface area contributed by atoms with Crippen LogP contribution in [0.4, 0.5) is 0 Å². The first-order valence-corrected chi connectivity index (χ1v) is 8.84. The largest absolute Gasteiger partial charge is 0.497 e. The average molecular weight is 389 g/mol. The van der Waals surface area contributed by atoms with Gasteiger partial charge in [-0.3, -0.25) is 4.79 Å². The summed E-state index contributed by atoms with van der Waals surface area (Å²) in [6, 6.07) is 9.13. The van der Waals surface area contributed by atoms with Crippen LogP contribution in [0.1, 0.15) is 23.0 Å². The highest BCUT2D eigenvalue weighted by Crippen LogP contribution is 2.24. The van der Waals surface area contributed by atoms with Crippen LogP contribution in [0.3, 0.4) is 0 Å². The predicted molar refractivity (Wildman–Crippen MR) is 102 cm³/mol. The molecule has 2 heterocycles. The van der Waals surface area contributed by atoms with E-state index in [0.717, 1.165) is 11.3 Å². The van der Waals surface area contributed by atoms with Gasteiger partial charge in [-0.2, -0.15) is 5.10 Å². The van der Waals surface area contributed by atoms with Gasteiger partial charge in [0.15, 0.2) is 11.3 Å². The second-order valence-corrected chi connectivity index (χ2v) is 6.52. The van der Waals surface area contributed by atoms with Crippen molar-refractivity contribution < 1.29 is 14.3 Å². The molecule has 8 heteroatoms. The number of nitrogens with zero attached hydrogens (tertiary/aromatic N) is 4. The lowest BCUT2D eigenvalue weighted by Crippen LogP contribution is -2.41. The first kappa shape index (κ1) is 19.1. The molecule has 0 aliphatic carbocycles. The Labute approximate surface area is 162 Å². The van der Waals surface area contributed by atoms with E-state index >= 15 is 0 Å². The van der Waals surface area contributed by atoms with Crippen molar-refractivity contribution >= 4 is 23.2 Å². The highest BCUT2D eigenvalue weighted by atomic mass is 35.5. The van der Waals surface area contributed by atoms with Crippen LogP contribution in [0.2, 0.25) is 5.02 Å². The van der Waals surface area contributed by atoms with E-state index in [1.54, 1.807) is 37.6 Å². The third-order valence-electron chi connectivity index (χ3n) is 4.23. The van der Waals surface area contributed by atoms with Gasteiger partial charge in [0.1, 0.15) is 10.8 Å². The fourth-order valence-corrected chi connectivity index (χ4v) is 3.11. The van der Waals surface area contributed by atoms with Crippen molar-refractivity contribution in [2.45, 2.75) is 19.5 Å². The standard InChI is InChI=1S/C19H21ClN4O3/c1-13(12-26-2)23(11-14-6-4-7-15(10-14)27-3)19(25)17-16(20)18-21-8-5-9-24(18)22-17/h4-10,13H,11-12H2,1-3H3. The molecular weight excluding hydrogens is 368 g/mol. The molecule has 0 bridgehead atoms. The van der Waals surface area contributed by atoms with Gasteiger partial charge in [0.25, 0.3) is 5.91 Å². The molecule has 3 rings (SSSR count). The number of rotatable bonds is 7. The maximum Gasteiger partial charge on any atom is 0.276 e. The van der Waals surface area contributed by atoms with Crippen LogP contribution < -0.4 is 4.74 Å². The van der Waals surface area contributed by atoms with Gasteiger partial charge in [-0.1, -0.05) is 23.7 Å². The fraction of sp³-hybridized carbons (Fsp3) is 0.316.